The van der Waals surface area contributed by atoms with Gasteiger partial charge in [-0.15, -0.1) is 11.3 Å². The minimum atomic E-state index is -3.69. The predicted octanol–water partition coefficient (Wildman–Crippen LogP) is 0.300. The van der Waals surface area contributed by atoms with Crippen LogP contribution in [0.15, 0.2) is 16.6 Å². The van der Waals surface area contributed by atoms with Crippen molar-refractivity contribution in [2.45, 2.75) is 24.9 Å². The Hall–Kier alpha value is -1.20. The molecule has 2 rings (SSSR count). The van der Waals surface area contributed by atoms with Crippen LogP contribution in [-0.2, 0) is 10.0 Å². The van der Waals surface area contributed by atoms with Crippen molar-refractivity contribution in [2.75, 3.05) is 25.6 Å². The van der Waals surface area contributed by atoms with Crippen molar-refractivity contribution < 1.29 is 8.42 Å². The number of nitrogens with two attached hydrogens (primary N) is 1. The summed E-state index contributed by atoms with van der Waals surface area (Å²) in [5.41, 5.74) is 2.34. The number of nitrogens with zero attached hydrogens (tertiary/aromatic N) is 3. The maximum absolute atomic E-state index is 12.5. The lowest BCUT2D eigenvalue weighted by atomic mass is 10.3. The smallest absolute Gasteiger partial charge is 0.260 e. The van der Waals surface area contributed by atoms with Gasteiger partial charge >= 0.3 is 0 Å². The molecule has 0 radical (unpaired) electrons. The molecule has 0 spiro atoms. The quantitative estimate of drug-likeness (QED) is 0.497. The number of hydrogen-bond acceptors (Lipinski definition) is 7. The molecule has 0 unspecified atom stereocenters. The van der Waals surface area contributed by atoms with E-state index in [1.807, 2.05) is 7.05 Å². The van der Waals surface area contributed by atoms with Gasteiger partial charge in [0.2, 0.25) is 5.03 Å². The van der Waals surface area contributed by atoms with E-state index in [1.54, 1.807) is 11.6 Å². The second-order valence-corrected chi connectivity index (χ2v) is 7.49. The average molecular weight is 332 g/mol. The summed E-state index contributed by atoms with van der Waals surface area (Å²) >= 11 is 1.34. The largest absolute Gasteiger partial charge is 0.306 e. The van der Waals surface area contributed by atoms with Gasteiger partial charge in [-0.25, -0.2) is 19.0 Å². The van der Waals surface area contributed by atoms with E-state index in [1.165, 1.54) is 15.7 Å². The molecule has 8 nitrogen and oxygen atoms in total. The summed E-state index contributed by atoms with van der Waals surface area (Å²) in [7, 11) is -1.74. The van der Waals surface area contributed by atoms with Gasteiger partial charge < -0.3 is 10.3 Å². The van der Waals surface area contributed by atoms with Crippen LogP contribution < -0.4 is 16.0 Å². The Kier molecular flexibility index (Phi) is 4.84. The molecule has 10 heteroatoms. The van der Waals surface area contributed by atoms with Crippen molar-refractivity contribution in [3.05, 3.63) is 11.6 Å². The van der Waals surface area contributed by atoms with Gasteiger partial charge in [-0.3, -0.25) is 4.40 Å². The number of fused-ring (bicyclic) bond motifs is 1. The SMILES string of the molecule is CC(C)N(C)CCNS(=O)(=O)c1c(NN)nc2sccn12. The van der Waals surface area contributed by atoms with Crippen LogP contribution in [0.4, 0.5) is 5.82 Å². The number of thiazole rings is 1. The van der Waals surface area contributed by atoms with Gasteiger partial charge in [-0.2, -0.15) is 4.98 Å². The monoisotopic (exact) mass is 332 g/mol. The maximum atomic E-state index is 12.5. The fourth-order valence-corrected chi connectivity index (χ4v) is 3.83. The molecule has 0 aliphatic carbocycles. The number of nitrogen functional groups attached to an aromatic ring is 1. The first-order chi connectivity index (χ1) is 9.86. The maximum Gasteiger partial charge on any atom is 0.260 e. The molecule has 2 aromatic rings. The molecule has 21 heavy (non-hydrogen) atoms. The second-order valence-electron chi connectivity index (χ2n) is 4.94. The Labute approximate surface area is 128 Å². The highest BCUT2D eigenvalue weighted by Gasteiger charge is 2.25. The Balaban J connectivity index is 2.19. The molecule has 0 amide bonds. The predicted molar refractivity (Wildman–Crippen MR) is 83.8 cm³/mol. The molecule has 0 aliphatic heterocycles. The van der Waals surface area contributed by atoms with Gasteiger partial charge in [0.25, 0.3) is 10.0 Å². The summed E-state index contributed by atoms with van der Waals surface area (Å²) in [6, 6.07) is 0.356. The lowest BCUT2D eigenvalue weighted by Gasteiger charge is -2.20. The van der Waals surface area contributed by atoms with Gasteiger partial charge in [0, 0.05) is 30.7 Å². The first kappa shape index (κ1) is 16.2. The minimum Gasteiger partial charge on any atom is -0.306 e. The second kappa shape index (κ2) is 6.28. The molecule has 0 saturated heterocycles. The van der Waals surface area contributed by atoms with Gasteiger partial charge in [0.15, 0.2) is 10.8 Å². The zero-order chi connectivity index (χ0) is 15.6. The third-order valence-electron chi connectivity index (χ3n) is 3.25. The van der Waals surface area contributed by atoms with Gasteiger partial charge in [-0.1, -0.05) is 0 Å². The summed E-state index contributed by atoms with van der Waals surface area (Å²) in [5.74, 6) is 5.51. The highest BCUT2D eigenvalue weighted by atomic mass is 32.2. The molecule has 0 bridgehead atoms. The van der Waals surface area contributed by atoms with Crippen LogP contribution in [0.25, 0.3) is 4.96 Å². The van der Waals surface area contributed by atoms with Crippen LogP contribution in [0, 0.1) is 0 Å². The topological polar surface area (TPSA) is 105 Å². The number of nitrogens with one attached hydrogen (secondary N) is 2. The Morgan fingerprint density at radius 3 is 2.86 bits per heavy atom. The van der Waals surface area contributed by atoms with E-state index < -0.39 is 10.0 Å². The fourth-order valence-electron chi connectivity index (χ4n) is 1.80. The van der Waals surface area contributed by atoms with Crippen molar-refractivity contribution in [2.24, 2.45) is 5.84 Å². The third kappa shape index (κ3) is 3.35. The summed E-state index contributed by atoms with van der Waals surface area (Å²) in [6.45, 7) is 5.04. The molecule has 0 fully saturated rings. The molecule has 118 valence electrons. The summed E-state index contributed by atoms with van der Waals surface area (Å²) < 4.78 is 29.0. The van der Waals surface area contributed by atoms with Crippen molar-refractivity contribution in [1.29, 1.82) is 0 Å². The third-order valence-corrected chi connectivity index (χ3v) is 5.49. The minimum absolute atomic E-state index is 0.0356. The normalized spacial score (nSPS) is 12.7. The Morgan fingerprint density at radius 1 is 1.52 bits per heavy atom. The molecule has 0 atom stereocenters. The number of imidazole rings is 1. The summed E-state index contributed by atoms with van der Waals surface area (Å²) in [6.07, 6.45) is 1.66. The molecule has 2 aromatic heterocycles. The number of anilines is 1. The van der Waals surface area contributed by atoms with Gasteiger partial charge in [-0.05, 0) is 20.9 Å². The van der Waals surface area contributed by atoms with Crippen molar-refractivity contribution in [1.82, 2.24) is 19.0 Å². The van der Waals surface area contributed by atoms with Gasteiger partial charge in [0.05, 0.1) is 0 Å². The molecular formula is C11H20N6O2S2. The number of aromatic nitrogens is 2. The first-order valence-corrected chi connectivity index (χ1v) is 8.85. The molecular weight excluding hydrogens is 312 g/mol. The van der Waals surface area contributed by atoms with Gasteiger partial charge in [0.1, 0.15) is 0 Å². The lowest BCUT2D eigenvalue weighted by molar-refractivity contribution is 0.278. The lowest BCUT2D eigenvalue weighted by Crippen LogP contribution is -2.36. The van der Waals surface area contributed by atoms with Crippen LogP contribution in [-0.4, -0.2) is 48.9 Å². The van der Waals surface area contributed by atoms with E-state index in [2.05, 4.69) is 33.9 Å². The van der Waals surface area contributed by atoms with Crippen LogP contribution in [0.2, 0.25) is 0 Å². The molecule has 0 saturated carbocycles. The van der Waals surface area contributed by atoms with E-state index in [-0.39, 0.29) is 10.8 Å². The number of hydrazine groups is 1. The van der Waals surface area contributed by atoms with E-state index in [0.717, 1.165) is 0 Å². The number of likely N-dealkylation sites (N-methyl/N-ethyl adjacent to an activating group) is 1. The van der Waals surface area contributed by atoms with Crippen LogP contribution >= 0.6 is 11.3 Å². The van der Waals surface area contributed by atoms with E-state index in [4.69, 9.17) is 5.84 Å². The number of rotatable bonds is 7. The van der Waals surface area contributed by atoms with Crippen molar-refractivity contribution >= 4 is 32.1 Å². The number of sulfonamides is 1. The first-order valence-electron chi connectivity index (χ1n) is 6.49. The highest BCUT2D eigenvalue weighted by Crippen LogP contribution is 2.24. The van der Waals surface area contributed by atoms with Crippen LogP contribution in [0.5, 0.6) is 0 Å². The fraction of sp³-hybridized carbons (Fsp3) is 0.545. The molecule has 4 N–H and O–H groups in total. The highest BCUT2D eigenvalue weighted by molar-refractivity contribution is 7.89. The van der Waals surface area contributed by atoms with Crippen molar-refractivity contribution in [3.8, 4) is 0 Å². The van der Waals surface area contributed by atoms with Crippen LogP contribution in [0.3, 0.4) is 0 Å². The zero-order valence-corrected chi connectivity index (χ0v) is 13.8. The summed E-state index contributed by atoms with van der Waals surface area (Å²) in [4.78, 5) is 6.77. The average Bonchev–Trinajstić information content (AvgIpc) is 2.97. The molecule has 0 aromatic carbocycles. The Bertz CT molecular complexity index is 705. The van der Waals surface area contributed by atoms with Crippen LogP contribution in [0.1, 0.15) is 13.8 Å². The molecule has 0 aliphatic rings. The Morgan fingerprint density at radius 2 is 2.24 bits per heavy atom. The number of hydrogen-bond donors (Lipinski definition) is 3. The van der Waals surface area contributed by atoms with E-state index in [9.17, 15) is 8.42 Å². The van der Waals surface area contributed by atoms with Crippen molar-refractivity contribution in [3.63, 3.8) is 0 Å². The zero-order valence-electron chi connectivity index (χ0n) is 12.2. The molecule has 2 heterocycles. The van der Waals surface area contributed by atoms with E-state index >= 15 is 0 Å². The summed E-state index contributed by atoms with van der Waals surface area (Å²) in [5, 5.41) is 1.81. The van der Waals surface area contributed by atoms with E-state index in [0.29, 0.717) is 24.1 Å². The standard InChI is InChI=1S/C11H20N6O2S2/c1-8(2)16(3)5-4-13-21(18,19)10-9(15-12)14-11-17(10)6-7-20-11/h6-8,13,15H,4-5,12H2,1-3H3.